The third-order valence-electron chi connectivity index (χ3n) is 1.90. The zero-order valence-electron chi connectivity index (χ0n) is 9.45. The lowest BCUT2D eigenvalue weighted by Crippen LogP contribution is -2.28. The van der Waals surface area contributed by atoms with Gasteiger partial charge in [0.05, 0.1) is 0 Å². The maximum absolute atomic E-state index is 11.3. The number of carbonyl (C=O) groups excluding carboxylic acids is 1. The predicted octanol–water partition coefficient (Wildman–Crippen LogP) is 2.53. The Morgan fingerprint density at radius 1 is 1.40 bits per heavy atom. The Bertz CT molecular complexity index is 367. The molecule has 0 aromatic heterocycles. The van der Waals surface area contributed by atoms with Gasteiger partial charge < -0.3 is 5.32 Å². The Kier molecular flexibility index (Phi) is 4.10. The highest BCUT2D eigenvalue weighted by atomic mass is 16.1. The molecule has 0 unspecified atom stereocenters. The summed E-state index contributed by atoms with van der Waals surface area (Å²) in [6.07, 6.45) is 3.39. The molecule has 0 heterocycles. The van der Waals surface area contributed by atoms with Gasteiger partial charge in [-0.25, -0.2) is 0 Å². The number of aryl methyl sites for hydroxylation is 1. The standard InChI is InChI=1S/C13H17NO/c1-10(2)14-13(15)8-7-12-6-4-5-11(3)9-12/h4-10H,1-3H3,(H,14,15). The van der Waals surface area contributed by atoms with E-state index in [1.165, 1.54) is 5.56 Å². The SMILES string of the molecule is Cc1cccc(C=CC(=O)NC(C)C)c1. The third-order valence-corrected chi connectivity index (χ3v) is 1.90. The van der Waals surface area contributed by atoms with Crippen molar-refractivity contribution in [1.82, 2.24) is 5.32 Å². The lowest BCUT2D eigenvalue weighted by atomic mass is 10.1. The van der Waals surface area contributed by atoms with Crippen LogP contribution < -0.4 is 5.32 Å². The number of carbonyl (C=O) groups is 1. The van der Waals surface area contributed by atoms with E-state index in [2.05, 4.69) is 5.32 Å². The first-order valence-corrected chi connectivity index (χ1v) is 5.13. The summed E-state index contributed by atoms with van der Waals surface area (Å²) in [5.41, 5.74) is 2.25. The monoisotopic (exact) mass is 203 g/mol. The second-order valence-corrected chi connectivity index (χ2v) is 3.91. The van der Waals surface area contributed by atoms with E-state index in [4.69, 9.17) is 0 Å². The van der Waals surface area contributed by atoms with Gasteiger partial charge in [-0.1, -0.05) is 29.8 Å². The van der Waals surface area contributed by atoms with E-state index in [0.717, 1.165) is 5.56 Å². The highest BCUT2D eigenvalue weighted by Gasteiger charge is 1.97. The van der Waals surface area contributed by atoms with Gasteiger partial charge in [0.1, 0.15) is 0 Å². The Morgan fingerprint density at radius 3 is 2.73 bits per heavy atom. The van der Waals surface area contributed by atoms with Crippen LogP contribution in [0, 0.1) is 6.92 Å². The number of amides is 1. The molecule has 15 heavy (non-hydrogen) atoms. The fraction of sp³-hybridized carbons (Fsp3) is 0.308. The van der Waals surface area contributed by atoms with Gasteiger partial charge >= 0.3 is 0 Å². The largest absolute Gasteiger partial charge is 0.350 e. The fourth-order valence-electron chi connectivity index (χ4n) is 1.28. The number of rotatable bonds is 3. The zero-order chi connectivity index (χ0) is 11.3. The molecule has 0 aliphatic rings. The van der Waals surface area contributed by atoms with Crippen LogP contribution in [0.3, 0.4) is 0 Å². The van der Waals surface area contributed by atoms with Crippen molar-refractivity contribution >= 4 is 12.0 Å². The van der Waals surface area contributed by atoms with Crippen molar-refractivity contribution in [1.29, 1.82) is 0 Å². The molecular formula is C13H17NO. The van der Waals surface area contributed by atoms with Crippen molar-refractivity contribution in [2.45, 2.75) is 26.8 Å². The summed E-state index contributed by atoms with van der Waals surface area (Å²) in [6, 6.07) is 8.21. The minimum Gasteiger partial charge on any atom is -0.350 e. The van der Waals surface area contributed by atoms with E-state index in [9.17, 15) is 4.79 Å². The maximum Gasteiger partial charge on any atom is 0.244 e. The van der Waals surface area contributed by atoms with Crippen molar-refractivity contribution < 1.29 is 4.79 Å². The molecule has 0 spiro atoms. The number of nitrogens with one attached hydrogen (secondary N) is 1. The lowest BCUT2D eigenvalue weighted by molar-refractivity contribution is -0.116. The van der Waals surface area contributed by atoms with Crippen molar-refractivity contribution in [3.8, 4) is 0 Å². The van der Waals surface area contributed by atoms with E-state index >= 15 is 0 Å². The van der Waals surface area contributed by atoms with Crippen LogP contribution in [0.1, 0.15) is 25.0 Å². The fourth-order valence-corrected chi connectivity index (χ4v) is 1.28. The molecule has 1 aromatic rings. The molecule has 2 nitrogen and oxygen atoms in total. The van der Waals surface area contributed by atoms with Gasteiger partial charge in [0.15, 0.2) is 0 Å². The van der Waals surface area contributed by atoms with Crippen molar-refractivity contribution in [2.75, 3.05) is 0 Å². The highest BCUT2D eigenvalue weighted by Crippen LogP contribution is 2.05. The minimum atomic E-state index is -0.0495. The molecule has 1 aromatic carbocycles. The van der Waals surface area contributed by atoms with Gasteiger partial charge in [-0.15, -0.1) is 0 Å². The van der Waals surface area contributed by atoms with Crippen LogP contribution in [-0.4, -0.2) is 11.9 Å². The zero-order valence-corrected chi connectivity index (χ0v) is 9.45. The Balaban J connectivity index is 2.61. The Hall–Kier alpha value is -1.57. The van der Waals surface area contributed by atoms with Gasteiger partial charge in [-0.2, -0.15) is 0 Å². The smallest absolute Gasteiger partial charge is 0.244 e. The first-order valence-electron chi connectivity index (χ1n) is 5.13. The molecular weight excluding hydrogens is 186 g/mol. The molecule has 1 rings (SSSR count). The summed E-state index contributed by atoms with van der Waals surface area (Å²) in [4.78, 5) is 11.3. The van der Waals surface area contributed by atoms with Crippen LogP contribution in [-0.2, 0) is 4.79 Å². The van der Waals surface area contributed by atoms with Gasteiger partial charge in [0, 0.05) is 12.1 Å². The van der Waals surface area contributed by atoms with E-state index in [0.29, 0.717) is 0 Å². The summed E-state index contributed by atoms with van der Waals surface area (Å²) in [5.74, 6) is -0.0495. The molecule has 0 fully saturated rings. The van der Waals surface area contributed by atoms with Crippen LogP contribution in [0.15, 0.2) is 30.3 Å². The van der Waals surface area contributed by atoms with Crippen LogP contribution in [0.2, 0.25) is 0 Å². The van der Waals surface area contributed by atoms with E-state index in [-0.39, 0.29) is 11.9 Å². The average Bonchev–Trinajstić information content (AvgIpc) is 2.14. The second-order valence-electron chi connectivity index (χ2n) is 3.91. The Morgan fingerprint density at radius 2 is 2.13 bits per heavy atom. The van der Waals surface area contributed by atoms with Crippen molar-refractivity contribution in [3.63, 3.8) is 0 Å². The van der Waals surface area contributed by atoms with Crippen LogP contribution in [0.25, 0.3) is 6.08 Å². The Labute approximate surface area is 91.0 Å². The van der Waals surface area contributed by atoms with Crippen LogP contribution >= 0.6 is 0 Å². The molecule has 0 atom stereocenters. The average molecular weight is 203 g/mol. The summed E-state index contributed by atoms with van der Waals surface area (Å²) in [7, 11) is 0. The molecule has 0 saturated carbocycles. The highest BCUT2D eigenvalue weighted by molar-refractivity contribution is 5.91. The van der Waals surface area contributed by atoms with Gasteiger partial charge in [0.25, 0.3) is 0 Å². The molecule has 0 saturated heterocycles. The van der Waals surface area contributed by atoms with Crippen molar-refractivity contribution in [2.24, 2.45) is 0 Å². The number of hydrogen-bond donors (Lipinski definition) is 1. The van der Waals surface area contributed by atoms with Gasteiger partial charge in [0.2, 0.25) is 5.91 Å². The third kappa shape index (κ3) is 4.45. The molecule has 0 radical (unpaired) electrons. The summed E-state index contributed by atoms with van der Waals surface area (Å²) in [6.45, 7) is 5.92. The normalized spacial score (nSPS) is 10.9. The summed E-state index contributed by atoms with van der Waals surface area (Å²) >= 11 is 0. The number of benzene rings is 1. The van der Waals surface area contributed by atoms with E-state index in [1.54, 1.807) is 6.08 Å². The number of hydrogen-bond acceptors (Lipinski definition) is 1. The quantitative estimate of drug-likeness (QED) is 0.751. The molecule has 2 heteroatoms. The second kappa shape index (κ2) is 5.35. The van der Waals surface area contributed by atoms with E-state index < -0.39 is 0 Å². The topological polar surface area (TPSA) is 29.1 Å². The first kappa shape index (κ1) is 11.5. The maximum atomic E-state index is 11.3. The van der Waals surface area contributed by atoms with Gasteiger partial charge in [-0.3, -0.25) is 4.79 Å². The summed E-state index contributed by atoms with van der Waals surface area (Å²) in [5, 5.41) is 2.80. The molecule has 0 aliphatic heterocycles. The molecule has 1 amide bonds. The summed E-state index contributed by atoms with van der Waals surface area (Å²) < 4.78 is 0. The minimum absolute atomic E-state index is 0.0495. The lowest BCUT2D eigenvalue weighted by Gasteiger charge is -2.04. The van der Waals surface area contributed by atoms with Crippen molar-refractivity contribution in [3.05, 3.63) is 41.5 Å². The molecule has 0 bridgehead atoms. The van der Waals surface area contributed by atoms with E-state index in [1.807, 2.05) is 51.1 Å². The molecule has 0 aliphatic carbocycles. The van der Waals surface area contributed by atoms with Gasteiger partial charge in [-0.05, 0) is 32.4 Å². The molecule has 1 N–H and O–H groups in total. The predicted molar refractivity (Wildman–Crippen MR) is 63.5 cm³/mol. The van der Waals surface area contributed by atoms with Crippen LogP contribution in [0.4, 0.5) is 0 Å². The molecule has 80 valence electrons. The van der Waals surface area contributed by atoms with Crippen LogP contribution in [0.5, 0.6) is 0 Å². The first-order chi connectivity index (χ1) is 7.08.